The molecule has 0 aromatic carbocycles. The van der Waals surface area contributed by atoms with E-state index in [9.17, 15) is 9.90 Å². The van der Waals surface area contributed by atoms with Crippen molar-refractivity contribution in [3.63, 3.8) is 0 Å². The van der Waals surface area contributed by atoms with Crippen LogP contribution in [0.2, 0.25) is 0 Å². The Morgan fingerprint density at radius 1 is 1.69 bits per heavy atom. The number of carbonyl (C=O) groups is 1. The standard InChI is InChI=1S/C10H16N4O2/c11-9-4-7(13-14-9)10(16)12-5-6-2-1-3-8(6)15/h4,6,8,15H,1-3,5H2,(H,12,16)(H3,11,13,14). The van der Waals surface area contributed by atoms with Crippen LogP contribution in [0.5, 0.6) is 0 Å². The van der Waals surface area contributed by atoms with Gasteiger partial charge in [-0.05, 0) is 12.8 Å². The first-order valence-electron chi connectivity index (χ1n) is 5.44. The van der Waals surface area contributed by atoms with Gasteiger partial charge in [0.2, 0.25) is 0 Å². The topological polar surface area (TPSA) is 104 Å². The number of nitrogens with two attached hydrogens (primary N) is 1. The van der Waals surface area contributed by atoms with Crippen molar-refractivity contribution in [1.82, 2.24) is 15.5 Å². The maximum absolute atomic E-state index is 11.6. The number of hydrogen-bond donors (Lipinski definition) is 4. The summed E-state index contributed by atoms with van der Waals surface area (Å²) in [7, 11) is 0. The van der Waals surface area contributed by atoms with Crippen LogP contribution < -0.4 is 11.1 Å². The van der Waals surface area contributed by atoms with E-state index in [0.717, 1.165) is 19.3 Å². The van der Waals surface area contributed by atoms with Crippen LogP contribution in [-0.2, 0) is 0 Å². The van der Waals surface area contributed by atoms with Gasteiger partial charge >= 0.3 is 0 Å². The molecule has 5 N–H and O–H groups in total. The number of nitrogens with one attached hydrogen (secondary N) is 2. The van der Waals surface area contributed by atoms with Crippen molar-refractivity contribution in [2.45, 2.75) is 25.4 Å². The molecule has 0 radical (unpaired) electrons. The summed E-state index contributed by atoms with van der Waals surface area (Å²) >= 11 is 0. The van der Waals surface area contributed by atoms with Crippen molar-refractivity contribution in [3.05, 3.63) is 11.8 Å². The second kappa shape index (κ2) is 4.52. The average molecular weight is 224 g/mol. The Morgan fingerprint density at radius 3 is 3.06 bits per heavy atom. The maximum atomic E-state index is 11.6. The molecule has 1 aliphatic rings. The molecule has 1 saturated carbocycles. The van der Waals surface area contributed by atoms with Crippen LogP contribution in [0.3, 0.4) is 0 Å². The second-order valence-electron chi connectivity index (χ2n) is 4.17. The quantitative estimate of drug-likeness (QED) is 0.574. The molecule has 1 aromatic rings. The number of amides is 1. The molecule has 0 aliphatic heterocycles. The number of hydrogen-bond acceptors (Lipinski definition) is 4. The highest BCUT2D eigenvalue weighted by atomic mass is 16.3. The highest BCUT2D eigenvalue weighted by Gasteiger charge is 2.25. The summed E-state index contributed by atoms with van der Waals surface area (Å²) in [5, 5.41) is 18.6. The number of aromatic amines is 1. The molecule has 1 aliphatic carbocycles. The number of aliphatic hydroxyl groups is 1. The van der Waals surface area contributed by atoms with Gasteiger partial charge in [0, 0.05) is 18.5 Å². The lowest BCUT2D eigenvalue weighted by Crippen LogP contribution is -2.32. The summed E-state index contributed by atoms with van der Waals surface area (Å²) in [5.41, 5.74) is 5.75. The summed E-state index contributed by atoms with van der Waals surface area (Å²) in [6.45, 7) is 0.499. The Balaban J connectivity index is 1.84. The van der Waals surface area contributed by atoms with Crippen molar-refractivity contribution in [2.75, 3.05) is 12.3 Å². The lowest BCUT2D eigenvalue weighted by Gasteiger charge is -2.14. The van der Waals surface area contributed by atoms with Crippen LogP contribution in [0.15, 0.2) is 6.07 Å². The van der Waals surface area contributed by atoms with Crippen LogP contribution in [0.25, 0.3) is 0 Å². The van der Waals surface area contributed by atoms with Gasteiger partial charge < -0.3 is 16.2 Å². The molecule has 2 rings (SSSR count). The third-order valence-corrected chi connectivity index (χ3v) is 2.99. The Kier molecular flexibility index (Phi) is 3.09. The lowest BCUT2D eigenvalue weighted by atomic mass is 10.1. The molecular weight excluding hydrogens is 208 g/mol. The molecule has 1 amide bonds. The fourth-order valence-corrected chi connectivity index (χ4v) is 2.03. The molecule has 0 saturated heterocycles. The van der Waals surface area contributed by atoms with Crippen LogP contribution in [0.4, 0.5) is 5.82 Å². The first-order valence-corrected chi connectivity index (χ1v) is 5.44. The van der Waals surface area contributed by atoms with E-state index in [1.807, 2.05) is 0 Å². The van der Waals surface area contributed by atoms with Crippen LogP contribution in [0.1, 0.15) is 29.8 Å². The fraction of sp³-hybridized carbons (Fsp3) is 0.600. The van der Waals surface area contributed by atoms with E-state index in [1.165, 1.54) is 6.07 Å². The molecule has 1 heterocycles. The number of nitrogens with zero attached hydrogens (tertiary/aromatic N) is 1. The van der Waals surface area contributed by atoms with E-state index in [1.54, 1.807) is 0 Å². The first-order chi connectivity index (χ1) is 7.66. The van der Waals surface area contributed by atoms with E-state index in [4.69, 9.17) is 5.73 Å². The van der Waals surface area contributed by atoms with Crippen molar-refractivity contribution in [2.24, 2.45) is 5.92 Å². The molecule has 1 fully saturated rings. The predicted molar refractivity (Wildman–Crippen MR) is 58.7 cm³/mol. The monoisotopic (exact) mass is 224 g/mol. The van der Waals surface area contributed by atoms with Gasteiger partial charge in [-0.25, -0.2) is 0 Å². The van der Waals surface area contributed by atoms with Gasteiger partial charge in [0.05, 0.1) is 6.10 Å². The molecule has 6 nitrogen and oxygen atoms in total. The summed E-state index contributed by atoms with van der Waals surface area (Å²) in [4.78, 5) is 11.6. The number of aliphatic hydroxyl groups excluding tert-OH is 1. The zero-order valence-corrected chi connectivity index (χ0v) is 8.94. The Labute approximate surface area is 93.2 Å². The van der Waals surface area contributed by atoms with Gasteiger partial charge in [0.15, 0.2) is 0 Å². The molecule has 16 heavy (non-hydrogen) atoms. The van der Waals surface area contributed by atoms with Gasteiger partial charge in [-0.2, -0.15) is 5.10 Å². The average Bonchev–Trinajstić information content (AvgIpc) is 2.84. The molecule has 0 bridgehead atoms. The van der Waals surface area contributed by atoms with Crippen molar-refractivity contribution in [1.29, 1.82) is 0 Å². The highest BCUT2D eigenvalue weighted by Crippen LogP contribution is 2.24. The van der Waals surface area contributed by atoms with Gasteiger partial charge in [-0.15, -0.1) is 0 Å². The highest BCUT2D eigenvalue weighted by molar-refractivity contribution is 5.92. The Hall–Kier alpha value is -1.56. The Bertz CT molecular complexity index is 377. The number of aromatic nitrogens is 2. The fourth-order valence-electron chi connectivity index (χ4n) is 2.03. The zero-order valence-electron chi connectivity index (χ0n) is 8.94. The van der Waals surface area contributed by atoms with Gasteiger partial charge in [-0.1, -0.05) is 6.42 Å². The Morgan fingerprint density at radius 2 is 2.50 bits per heavy atom. The van der Waals surface area contributed by atoms with Crippen LogP contribution >= 0.6 is 0 Å². The van der Waals surface area contributed by atoms with Gasteiger partial charge in [0.25, 0.3) is 5.91 Å². The van der Waals surface area contributed by atoms with Crippen LogP contribution in [-0.4, -0.2) is 33.9 Å². The number of carbonyl (C=O) groups excluding carboxylic acids is 1. The first kappa shape index (κ1) is 10.9. The summed E-state index contributed by atoms with van der Waals surface area (Å²) in [5.74, 6) is 0.235. The third-order valence-electron chi connectivity index (χ3n) is 2.99. The van der Waals surface area contributed by atoms with Gasteiger partial charge in [0.1, 0.15) is 11.5 Å². The molecule has 2 atom stereocenters. The molecule has 1 aromatic heterocycles. The predicted octanol–water partition coefficient (Wildman–Crippen LogP) is -0.117. The number of rotatable bonds is 3. The van der Waals surface area contributed by atoms with Crippen molar-refractivity contribution in [3.8, 4) is 0 Å². The van der Waals surface area contributed by atoms with E-state index in [2.05, 4.69) is 15.5 Å². The zero-order chi connectivity index (χ0) is 11.5. The van der Waals surface area contributed by atoms with E-state index >= 15 is 0 Å². The van der Waals surface area contributed by atoms with Crippen molar-refractivity contribution >= 4 is 11.7 Å². The third kappa shape index (κ3) is 2.33. The van der Waals surface area contributed by atoms with Gasteiger partial charge in [-0.3, -0.25) is 9.89 Å². The SMILES string of the molecule is Nc1cc(C(=O)NCC2CCCC2O)[nH]n1. The number of H-pyrrole nitrogens is 1. The molecule has 88 valence electrons. The maximum Gasteiger partial charge on any atom is 0.269 e. The largest absolute Gasteiger partial charge is 0.393 e. The molecular formula is C10H16N4O2. The minimum Gasteiger partial charge on any atom is -0.393 e. The number of anilines is 1. The van der Waals surface area contributed by atoms with E-state index in [-0.39, 0.29) is 17.9 Å². The minimum absolute atomic E-state index is 0.171. The summed E-state index contributed by atoms with van der Waals surface area (Å²) < 4.78 is 0. The lowest BCUT2D eigenvalue weighted by molar-refractivity contribution is 0.0912. The summed E-state index contributed by atoms with van der Waals surface area (Å²) in [6.07, 6.45) is 2.54. The smallest absolute Gasteiger partial charge is 0.269 e. The second-order valence-corrected chi connectivity index (χ2v) is 4.17. The van der Waals surface area contributed by atoms with Crippen molar-refractivity contribution < 1.29 is 9.90 Å². The van der Waals surface area contributed by atoms with E-state index in [0.29, 0.717) is 18.1 Å². The normalized spacial score (nSPS) is 24.6. The molecule has 0 spiro atoms. The summed E-state index contributed by atoms with van der Waals surface area (Å²) in [6, 6.07) is 1.49. The molecule has 6 heteroatoms. The number of nitrogen functional groups attached to an aromatic ring is 1. The minimum atomic E-state index is -0.285. The molecule has 2 unspecified atom stereocenters. The van der Waals surface area contributed by atoms with Crippen LogP contribution in [0, 0.1) is 5.92 Å². The van der Waals surface area contributed by atoms with E-state index < -0.39 is 0 Å².